The molecule has 2 amide bonds. The van der Waals surface area contributed by atoms with Gasteiger partial charge in [-0.3, -0.25) is 9.59 Å². The van der Waals surface area contributed by atoms with E-state index in [-0.39, 0.29) is 23.9 Å². The molecule has 1 N–H and O–H groups in total. The molecule has 1 unspecified atom stereocenters. The quantitative estimate of drug-likeness (QED) is 0.801. The standard InChI is InChI=1S/C24H33N3O3/c1-24(23(29)25-17-9-5-3-2-4-6-10-17)16-26-19-13-14-30-21(19)15-20(26)22(28)27(24)18-11-7-8-12-18/h13-15,17-18H,2-12,16H2,1H3,(H,25,29). The molecule has 2 aromatic rings. The van der Waals surface area contributed by atoms with E-state index < -0.39 is 5.54 Å². The van der Waals surface area contributed by atoms with E-state index in [4.69, 9.17) is 4.42 Å². The lowest BCUT2D eigenvalue weighted by molar-refractivity contribution is -0.135. The summed E-state index contributed by atoms with van der Waals surface area (Å²) in [4.78, 5) is 29.4. The van der Waals surface area contributed by atoms with Crippen molar-refractivity contribution >= 4 is 22.9 Å². The first-order chi connectivity index (χ1) is 14.6. The smallest absolute Gasteiger partial charge is 0.271 e. The zero-order valence-electron chi connectivity index (χ0n) is 18.0. The molecule has 6 nitrogen and oxygen atoms in total. The summed E-state index contributed by atoms with van der Waals surface area (Å²) in [5.41, 5.74) is 1.38. The number of nitrogens with one attached hydrogen (secondary N) is 1. The molecule has 0 saturated heterocycles. The van der Waals surface area contributed by atoms with Crippen molar-refractivity contribution < 1.29 is 14.0 Å². The number of carbonyl (C=O) groups is 2. The fourth-order valence-electron chi connectivity index (χ4n) is 5.91. The van der Waals surface area contributed by atoms with Gasteiger partial charge in [-0.2, -0.15) is 0 Å². The summed E-state index contributed by atoms with van der Waals surface area (Å²) in [6, 6.07) is 4.09. The van der Waals surface area contributed by atoms with E-state index >= 15 is 0 Å². The van der Waals surface area contributed by atoms with Crippen molar-refractivity contribution in [2.24, 2.45) is 0 Å². The van der Waals surface area contributed by atoms with Gasteiger partial charge in [0.1, 0.15) is 11.2 Å². The molecule has 3 heterocycles. The van der Waals surface area contributed by atoms with Crippen molar-refractivity contribution in [3.05, 3.63) is 24.1 Å². The van der Waals surface area contributed by atoms with Crippen LogP contribution in [-0.4, -0.2) is 38.9 Å². The van der Waals surface area contributed by atoms with Gasteiger partial charge in [0.15, 0.2) is 5.58 Å². The van der Waals surface area contributed by atoms with Crippen LogP contribution in [0.4, 0.5) is 0 Å². The first-order valence-corrected chi connectivity index (χ1v) is 11.8. The van der Waals surface area contributed by atoms with Crippen LogP contribution in [0.15, 0.2) is 22.8 Å². The van der Waals surface area contributed by atoms with Crippen LogP contribution in [0.2, 0.25) is 0 Å². The molecule has 162 valence electrons. The summed E-state index contributed by atoms with van der Waals surface area (Å²) >= 11 is 0. The third-order valence-corrected chi connectivity index (χ3v) is 7.58. The summed E-state index contributed by atoms with van der Waals surface area (Å²) in [6.07, 6.45) is 14.1. The van der Waals surface area contributed by atoms with Gasteiger partial charge in [0.2, 0.25) is 5.91 Å². The normalized spacial score (nSPS) is 26.6. The molecule has 0 bridgehead atoms. The molecule has 2 saturated carbocycles. The van der Waals surface area contributed by atoms with E-state index in [1.54, 1.807) is 6.26 Å². The number of furan rings is 1. The zero-order valence-corrected chi connectivity index (χ0v) is 18.0. The van der Waals surface area contributed by atoms with Gasteiger partial charge in [-0.1, -0.05) is 44.9 Å². The summed E-state index contributed by atoms with van der Waals surface area (Å²) in [5.74, 6) is -0.0285. The summed E-state index contributed by atoms with van der Waals surface area (Å²) < 4.78 is 7.55. The minimum atomic E-state index is -0.884. The van der Waals surface area contributed by atoms with Gasteiger partial charge in [-0.05, 0) is 32.6 Å². The molecule has 5 rings (SSSR count). The Morgan fingerprint density at radius 3 is 2.47 bits per heavy atom. The molecule has 3 aliphatic rings. The number of hydrogen-bond acceptors (Lipinski definition) is 3. The average Bonchev–Trinajstić information content (AvgIpc) is 3.42. The molecule has 0 radical (unpaired) electrons. The van der Waals surface area contributed by atoms with Crippen LogP contribution < -0.4 is 5.32 Å². The summed E-state index contributed by atoms with van der Waals surface area (Å²) in [7, 11) is 0. The highest BCUT2D eigenvalue weighted by Gasteiger charge is 2.51. The number of nitrogens with zero attached hydrogens (tertiary/aromatic N) is 2. The average molecular weight is 412 g/mol. The van der Waals surface area contributed by atoms with Crippen LogP contribution in [0.5, 0.6) is 0 Å². The van der Waals surface area contributed by atoms with Crippen LogP contribution in [0, 0.1) is 0 Å². The van der Waals surface area contributed by atoms with Crippen molar-refractivity contribution in [1.29, 1.82) is 0 Å². The predicted molar refractivity (Wildman–Crippen MR) is 115 cm³/mol. The first kappa shape index (κ1) is 19.7. The lowest BCUT2D eigenvalue weighted by Crippen LogP contribution is -2.67. The fourth-order valence-corrected chi connectivity index (χ4v) is 5.91. The number of carbonyl (C=O) groups excluding carboxylic acids is 2. The number of hydrogen-bond donors (Lipinski definition) is 1. The third kappa shape index (κ3) is 3.25. The maximum atomic E-state index is 13.8. The Hall–Kier alpha value is -2.24. The molecule has 1 aliphatic heterocycles. The monoisotopic (exact) mass is 411 g/mol. The molecule has 0 spiro atoms. The van der Waals surface area contributed by atoms with Gasteiger partial charge in [0, 0.05) is 24.2 Å². The molecule has 2 fully saturated rings. The minimum absolute atomic E-state index is 0.00400. The van der Waals surface area contributed by atoms with Crippen LogP contribution in [0.1, 0.15) is 88.0 Å². The summed E-state index contributed by atoms with van der Waals surface area (Å²) in [6.45, 7) is 2.45. The van der Waals surface area contributed by atoms with Crippen LogP contribution in [0.3, 0.4) is 0 Å². The lowest BCUT2D eigenvalue weighted by Gasteiger charge is -2.47. The van der Waals surface area contributed by atoms with E-state index in [1.165, 1.54) is 32.1 Å². The van der Waals surface area contributed by atoms with Crippen molar-refractivity contribution in [2.45, 2.75) is 102 Å². The Bertz CT molecular complexity index is 931. The maximum Gasteiger partial charge on any atom is 0.271 e. The Labute approximate surface area is 178 Å². The van der Waals surface area contributed by atoms with Gasteiger partial charge in [-0.15, -0.1) is 0 Å². The van der Waals surface area contributed by atoms with Crippen molar-refractivity contribution in [1.82, 2.24) is 14.8 Å². The van der Waals surface area contributed by atoms with Crippen molar-refractivity contribution in [2.75, 3.05) is 0 Å². The Kier molecular flexibility index (Phi) is 5.11. The van der Waals surface area contributed by atoms with Crippen LogP contribution >= 0.6 is 0 Å². The third-order valence-electron chi connectivity index (χ3n) is 7.58. The predicted octanol–water partition coefficient (Wildman–Crippen LogP) is 4.62. The highest BCUT2D eigenvalue weighted by atomic mass is 16.3. The molecule has 6 heteroatoms. The first-order valence-electron chi connectivity index (χ1n) is 11.8. The molecule has 2 aliphatic carbocycles. The number of rotatable bonds is 3. The maximum absolute atomic E-state index is 13.8. The Morgan fingerprint density at radius 1 is 1.07 bits per heavy atom. The van der Waals surface area contributed by atoms with E-state index in [0.29, 0.717) is 12.2 Å². The van der Waals surface area contributed by atoms with E-state index in [9.17, 15) is 9.59 Å². The highest BCUT2D eigenvalue weighted by molar-refractivity contribution is 6.03. The number of amides is 2. The Balaban J connectivity index is 1.48. The highest BCUT2D eigenvalue weighted by Crippen LogP contribution is 2.38. The van der Waals surface area contributed by atoms with E-state index in [0.717, 1.165) is 49.6 Å². The second-order valence-corrected chi connectivity index (χ2v) is 9.69. The van der Waals surface area contributed by atoms with Gasteiger partial charge < -0.3 is 19.2 Å². The second-order valence-electron chi connectivity index (χ2n) is 9.69. The molecule has 1 atom stereocenters. The zero-order chi connectivity index (χ0) is 20.7. The molecular formula is C24H33N3O3. The molecule has 0 aromatic carbocycles. The van der Waals surface area contributed by atoms with Crippen molar-refractivity contribution in [3.8, 4) is 0 Å². The van der Waals surface area contributed by atoms with Gasteiger partial charge >= 0.3 is 0 Å². The van der Waals surface area contributed by atoms with Crippen LogP contribution in [-0.2, 0) is 11.3 Å². The van der Waals surface area contributed by atoms with Gasteiger partial charge in [0.25, 0.3) is 5.91 Å². The number of fused-ring (bicyclic) bond motifs is 3. The van der Waals surface area contributed by atoms with Gasteiger partial charge in [0.05, 0.1) is 18.3 Å². The molecule has 30 heavy (non-hydrogen) atoms. The second kappa shape index (κ2) is 7.78. The molecular weight excluding hydrogens is 378 g/mol. The summed E-state index contributed by atoms with van der Waals surface area (Å²) in [5, 5.41) is 3.37. The fraction of sp³-hybridized carbons (Fsp3) is 0.667. The van der Waals surface area contributed by atoms with E-state index in [1.807, 2.05) is 28.5 Å². The van der Waals surface area contributed by atoms with Gasteiger partial charge in [-0.25, -0.2) is 0 Å². The largest absolute Gasteiger partial charge is 0.463 e. The van der Waals surface area contributed by atoms with E-state index in [2.05, 4.69) is 5.32 Å². The number of aromatic nitrogens is 1. The Morgan fingerprint density at radius 2 is 1.73 bits per heavy atom. The van der Waals surface area contributed by atoms with Crippen molar-refractivity contribution in [3.63, 3.8) is 0 Å². The molecule has 2 aromatic heterocycles. The minimum Gasteiger partial charge on any atom is -0.463 e. The SMILES string of the molecule is CC1(C(=O)NC2CCCCCCC2)Cn2c(cc3occc32)C(=O)N1C1CCCC1. The lowest BCUT2D eigenvalue weighted by atomic mass is 9.90. The van der Waals surface area contributed by atoms with Crippen LogP contribution in [0.25, 0.3) is 11.1 Å². The topological polar surface area (TPSA) is 67.5 Å².